The topological polar surface area (TPSA) is 75.7 Å². The van der Waals surface area contributed by atoms with Crippen LogP contribution in [0.3, 0.4) is 0 Å². The molecule has 3 aromatic rings. The van der Waals surface area contributed by atoms with Crippen LogP contribution in [0.5, 0.6) is 0 Å². The van der Waals surface area contributed by atoms with Gasteiger partial charge >= 0.3 is 0 Å². The van der Waals surface area contributed by atoms with Gasteiger partial charge in [0.2, 0.25) is 0 Å². The predicted molar refractivity (Wildman–Crippen MR) is 95.4 cm³/mol. The maximum Gasteiger partial charge on any atom is 0.270 e. The maximum absolute atomic E-state index is 11.1. The highest BCUT2D eigenvalue weighted by molar-refractivity contribution is 5.68. The number of hydrogen-bond donors (Lipinski definition) is 1. The molecule has 7 nitrogen and oxygen atoms in total. The van der Waals surface area contributed by atoms with Crippen molar-refractivity contribution < 1.29 is 4.92 Å². The molecule has 2 aromatic heterocycles. The quantitative estimate of drug-likeness (QED) is 0.584. The Hall–Kier alpha value is -2.77. The number of nitro groups is 1. The molecule has 7 heteroatoms. The van der Waals surface area contributed by atoms with E-state index in [1.807, 2.05) is 30.5 Å². The summed E-state index contributed by atoms with van der Waals surface area (Å²) in [5.74, 6) is 0. The number of hydrogen-bond acceptors (Lipinski definition) is 5. The molecule has 4 rings (SSSR count). The SMILES string of the molecule is O=[N+]([O-])c1cccc(-c2nc3ccccn3c2CN2CCNCC2)c1. The molecule has 0 unspecified atom stereocenters. The molecule has 0 radical (unpaired) electrons. The minimum atomic E-state index is -0.366. The second kappa shape index (κ2) is 6.62. The average molecular weight is 337 g/mol. The molecule has 1 N–H and O–H groups in total. The second-order valence-electron chi connectivity index (χ2n) is 6.17. The number of nitrogens with zero attached hydrogens (tertiary/aromatic N) is 4. The van der Waals surface area contributed by atoms with E-state index in [9.17, 15) is 10.1 Å². The number of imidazole rings is 1. The van der Waals surface area contributed by atoms with Gasteiger partial charge in [0.25, 0.3) is 5.69 Å². The Balaban J connectivity index is 1.81. The zero-order valence-corrected chi connectivity index (χ0v) is 13.8. The first kappa shape index (κ1) is 15.7. The maximum atomic E-state index is 11.1. The van der Waals surface area contributed by atoms with Crippen LogP contribution >= 0.6 is 0 Å². The molecule has 0 aliphatic carbocycles. The molecule has 0 atom stereocenters. The summed E-state index contributed by atoms with van der Waals surface area (Å²) in [6, 6.07) is 12.6. The van der Waals surface area contributed by atoms with E-state index < -0.39 is 0 Å². The average Bonchev–Trinajstić information content (AvgIpc) is 3.01. The van der Waals surface area contributed by atoms with Crippen LogP contribution in [0.1, 0.15) is 5.69 Å². The summed E-state index contributed by atoms with van der Waals surface area (Å²) in [6.45, 7) is 4.68. The number of rotatable bonds is 4. The van der Waals surface area contributed by atoms with E-state index in [1.54, 1.807) is 12.1 Å². The van der Waals surface area contributed by atoms with Crippen molar-refractivity contribution in [2.75, 3.05) is 26.2 Å². The summed E-state index contributed by atoms with van der Waals surface area (Å²) in [7, 11) is 0. The molecule has 0 saturated carbocycles. The summed E-state index contributed by atoms with van der Waals surface area (Å²) in [5, 5.41) is 14.5. The number of nitro benzene ring substituents is 1. The Labute approximate surface area is 145 Å². The lowest BCUT2D eigenvalue weighted by atomic mass is 10.1. The van der Waals surface area contributed by atoms with Crippen LogP contribution in [-0.2, 0) is 6.54 Å². The van der Waals surface area contributed by atoms with Gasteiger partial charge in [-0.1, -0.05) is 18.2 Å². The third-order valence-corrected chi connectivity index (χ3v) is 4.54. The highest BCUT2D eigenvalue weighted by Crippen LogP contribution is 2.28. The van der Waals surface area contributed by atoms with Crippen molar-refractivity contribution in [1.29, 1.82) is 0 Å². The summed E-state index contributed by atoms with van der Waals surface area (Å²) >= 11 is 0. The van der Waals surface area contributed by atoms with Gasteiger partial charge in [-0.25, -0.2) is 4.98 Å². The van der Waals surface area contributed by atoms with Crippen LogP contribution in [0, 0.1) is 10.1 Å². The second-order valence-corrected chi connectivity index (χ2v) is 6.17. The van der Waals surface area contributed by atoms with Gasteiger partial charge in [0.15, 0.2) is 0 Å². The van der Waals surface area contributed by atoms with Crippen molar-refractivity contribution in [3.63, 3.8) is 0 Å². The first-order valence-electron chi connectivity index (χ1n) is 8.36. The lowest BCUT2D eigenvalue weighted by molar-refractivity contribution is -0.384. The summed E-state index contributed by atoms with van der Waals surface area (Å²) in [4.78, 5) is 17.9. The molecular weight excluding hydrogens is 318 g/mol. The summed E-state index contributed by atoms with van der Waals surface area (Å²) in [6.07, 6.45) is 2.00. The summed E-state index contributed by atoms with van der Waals surface area (Å²) < 4.78 is 2.08. The van der Waals surface area contributed by atoms with Gasteiger partial charge in [-0.05, 0) is 12.1 Å². The van der Waals surface area contributed by atoms with E-state index in [1.165, 1.54) is 6.07 Å². The summed E-state index contributed by atoms with van der Waals surface area (Å²) in [5.41, 5.74) is 3.60. The number of pyridine rings is 1. The zero-order chi connectivity index (χ0) is 17.2. The third-order valence-electron chi connectivity index (χ3n) is 4.54. The van der Waals surface area contributed by atoms with Gasteiger partial charge in [0.05, 0.1) is 16.3 Å². The van der Waals surface area contributed by atoms with Crippen molar-refractivity contribution in [2.24, 2.45) is 0 Å². The van der Waals surface area contributed by atoms with Gasteiger partial charge < -0.3 is 9.72 Å². The van der Waals surface area contributed by atoms with E-state index in [2.05, 4.69) is 14.6 Å². The van der Waals surface area contributed by atoms with Crippen molar-refractivity contribution in [3.05, 3.63) is 64.5 Å². The van der Waals surface area contributed by atoms with E-state index in [-0.39, 0.29) is 10.6 Å². The van der Waals surface area contributed by atoms with Gasteiger partial charge in [-0.2, -0.15) is 0 Å². The van der Waals surface area contributed by atoms with Gasteiger partial charge in [0.1, 0.15) is 5.65 Å². The molecule has 128 valence electrons. The Morgan fingerprint density at radius 1 is 1.16 bits per heavy atom. The highest BCUT2D eigenvalue weighted by Gasteiger charge is 2.19. The Morgan fingerprint density at radius 3 is 2.80 bits per heavy atom. The standard InChI is InChI=1S/C18H19N5O2/c24-23(25)15-5-3-4-14(12-15)18-16(13-21-10-7-19-8-11-21)22-9-2-1-6-17(22)20-18/h1-6,9,12,19H,7-8,10-11,13H2. The van der Waals surface area contributed by atoms with E-state index >= 15 is 0 Å². The van der Waals surface area contributed by atoms with Crippen LogP contribution in [0.25, 0.3) is 16.9 Å². The highest BCUT2D eigenvalue weighted by atomic mass is 16.6. The minimum absolute atomic E-state index is 0.0858. The van der Waals surface area contributed by atoms with Crippen molar-refractivity contribution >= 4 is 11.3 Å². The van der Waals surface area contributed by atoms with Crippen LogP contribution in [-0.4, -0.2) is 45.4 Å². The molecule has 1 aromatic carbocycles. The molecule has 1 aliphatic heterocycles. The van der Waals surface area contributed by atoms with Crippen LogP contribution in [0.4, 0.5) is 5.69 Å². The van der Waals surface area contributed by atoms with E-state index in [4.69, 9.17) is 4.98 Å². The molecule has 0 amide bonds. The number of nitrogens with one attached hydrogen (secondary N) is 1. The first-order chi connectivity index (χ1) is 12.2. The Bertz CT molecular complexity index is 915. The normalized spacial score (nSPS) is 15.5. The van der Waals surface area contributed by atoms with Gasteiger partial charge in [0, 0.05) is 56.6 Å². The lowest BCUT2D eigenvalue weighted by Crippen LogP contribution is -2.43. The zero-order valence-electron chi connectivity index (χ0n) is 13.8. The fraction of sp³-hybridized carbons (Fsp3) is 0.278. The lowest BCUT2D eigenvalue weighted by Gasteiger charge is -2.27. The van der Waals surface area contributed by atoms with Crippen molar-refractivity contribution in [3.8, 4) is 11.3 Å². The van der Waals surface area contributed by atoms with Crippen LogP contribution in [0.15, 0.2) is 48.7 Å². The molecule has 3 heterocycles. The number of aromatic nitrogens is 2. The molecular formula is C18H19N5O2. The Morgan fingerprint density at radius 2 is 2.00 bits per heavy atom. The number of non-ortho nitro benzene ring substituents is 1. The first-order valence-corrected chi connectivity index (χ1v) is 8.36. The molecule has 0 spiro atoms. The van der Waals surface area contributed by atoms with Crippen LogP contribution in [0.2, 0.25) is 0 Å². The number of fused-ring (bicyclic) bond motifs is 1. The van der Waals surface area contributed by atoms with Crippen molar-refractivity contribution in [1.82, 2.24) is 19.6 Å². The molecule has 1 fully saturated rings. The van der Waals surface area contributed by atoms with E-state index in [0.717, 1.165) is 55.3 Å². The molecule has 1 saturated heterocycles. The third kappa shape index (κ3) is 3.11. The Kier molecular flexibility index (Phi) is 4.17. The fourth-order valence-electron chi connectivity index (χ4n) is 3.28. The fourth-order valence-corrected chi connectivity index (χ4v) is 3.28. The number of benzene rings is 1. The van der Waals surface area contributed by atoms with Crippen LogP contribution < -0.4 is 5.32 Å². The van der Waals surface area contributed by atoms with Gasteiger partial charge in [-0.15, -0.1) is 0 Å². The molecule has 25 heavy (non-hydrogen) atoms. The monoisotopic (exact) mass is 337 g/mol. The van der Waals surface area contributed by atoms with Gasteiger partial charge in [-0.3, -0.25) is 15.0 Å². The largest absolute Gasteiger partial charge is 0.314 e. The van der Waals surface area contributed by atoms with E-state index in [0.29, 0.717) is 0 Å². The number of piperazine rings is 1. The molecule has 0 bridgehead atoms. The smallest absolute Gasteiger partial charge is 0.270 e. The minimum Gasteiger partial charge on any atom is -0.314 e. The predicted octanol–water partition coefficient (Wildman–Crippen LogP) is 2.31. The molecule has 1 aliphatic rings. The van der Waals surface area contributed by atoms with Crippen molar-refractivity contribution in [2.45, 2.75) is 6.54 Å².